The number of hydrogen-bond acceptors (Lipinski definition) is 5. The third-order valence-corrected chi connectivity index (χ3v) is 5.30. The Hall–Kier alpha value is -2.35. The van der Waals surface area contributed by atoms with E-state index < -0.39 is 44.6 Å². The van der Waals surface area contributed by atoms with Gasteiger partial charge in [-0.15, -0.1) is 0 Å². The SMILES string of the molecule is CCS(=O)(=O)Nc1cc(-n2c(=O)cc(C(F)(F)F)n(N)c2=O)c(F)cc1Br. The van der Waals surface area contributed by atoms with Crippen LogP contribution in [0.1, 0.15) is 12.6 Å². The largest absolute Gasteiger partial charge is 0.433 e. The van der Waals surface area contributed by atoms with Crippen LogP contribution in [0, 0.1) is 5.82 Å². The number of nitrogens with one attached hydrogen (secondary N) is 1. The van der Waals surface area contributed by atoms with Crippen molar-refractivity contribution in [3.63, 3.8) is 0 Å². The van der Waals surface area contributed by atoms with Gasteiger partial charge in [-0.2, -0.15) is 13.2 Å². The number of hydrogen-bond donors (Lipinski definition) is 2. The normalized spacial score (nSPS) is 12.2. The monoisotopic (exact) mass is 474 g/mol. The molecule has 0 aliphatic heterocycles. The smallest absolute Gasteiger partial charge is 0.335 e. The Morgan fingerprint density at radius 1 is 1.22 bits per heavy atom. The second-order valence-electron chi connectivity index (χ2n) is 5.14. The van der Waals surface area contributed by atoms with Gasteiger partial charge in [0.15, 0.2) is 5.69 Å². The molecule has 0 saturated heterocycles. The molecule has 0 amide bonds. The topological polar surface area (TPSA) is 116 Å². The van der Waals surface area contributed by atoms with Crippen molar-refractivity contribution >= 4 is 31.6 Å². The summed E-state index contributed by atoms with van der Waals surface area (Å²) in [5.41, 5.74) is -5.91. The Morgan fingerprint density at radius 3 is 2.33 bits per heavy atom. The molecule has 27 heavy (non-hydrogen) atoms. The minimum absolute atomic E-state index is 0.0266. The Kier molecular flexibility index (Phi) is 5.43. The number of anilines is 1. The molecule has 0 bridgehead atoms. The van der Waals surface area contributed by atoms with E-state index in [9.17, 15) is 35.6 Å². The van der Waals surface area contributed by atoms with Gasteiger partial charge in [0.2, 0.25) is 10.0 Å². The Morgan fingerprint density at radius 2 is 1.81 bits per heavy atom. The van der Waals surface area contributed by atoms with Crippen LogP contribution in [0.15, 0.2) is 32.3 Å². The van der Waals surface area contributed by atoms with E-state index in [1.54, 1.807) is 0 Å². The number of sulfonamides is 1. The van der Waals surface area contributed by atoms with Crippen LogP contribution >= 0.6 is 15.9 Å². The number of benzene rings is 1. The molecule has 1 heterocycles. The number of nitrogen functional groups attached to an aromatic ring is 1. The first-order valence-corrected chi connectivity index (χ1v) is 9.44. The molecule has 0 saturated carbocycles. The van der Waals surface area contributed by atoms with Crippen molar-refractivity contribution in [2.45, 2.75) is 13.1 Å². The van der Waals surface area contributed by atoms with Crippen molar-refractivity contribution in [3.05, 3.63) is 55.0 Å². The molecule has 8 nitrogen and oxygen atoms in total. The number of rotatable bonds is 4. The second-order valence-corrected chi connectivity index (χ2v) is 8.01. The molecular weight excluding hydrogens is 464 g/mol. The van der Waals surface area contributed by atoms with Gasteiger partial charge in [0.05, 0.1) is 17.1 Å². The van der Waals surface area contributed by atoms with E-state index in [4.69, 9.17) is 5.84 Å². The molecule has 3 N–H and O–H groups in total. The fourth-order valence-electron chi connectivity index (χ4n) is 2.02. The van der Waals surface area contributed by atoms with Crippen LogP contribution < -0.4 is 21.8 Å². The van der Waals surface area contributed by atoms with Gasteiger partial charge in [-0.3, -0.25) is 9.52 Å². The van der Waals surface area contributed by atoms with Gasteiger partial charge in [-0.25, -0.2) is 26.8 Å². The second kappa shape index (κ2) is 6.99. The van der Waals surface area contributed by atoms with Crippen molar-refractivity contribution in [1.82, 2.24) is 9.24 Å². The van der Waals surface area contributed by atoms with Gasteiger partial charge in [0, 0.05) is 10.5 Å². The third kappa shape index (κ3) is 4.16. The van der Waals surface area contributed by atoms with Crippen molar-refractivity contribution in [2.24, 2.45) is 0 Å². The number of aromatic nitrogens is 2. The minimum atomic E-state index is -5.09. The molecule has 0 radical (unpaired) electrons. The van der Waals surface area contributed by atoms with E-state index in [2.05, 4.69) is 20.7 Å². The van der Waals surface area contributed by atoms with Gasteiger partial charge in [0.25, 0.3) is 5.56 Å². The molecule has 2 rings (SSSR count). The summed E-state index contributed by atoms with van der Waals surface area (Å²) in [6.45, 7) is 1.33. The highest BCUT2D eigenvalue weighted by atomic mass is 79.9. The van der Waals surface area contributed by atoms with E-state index in [0.717, 1.165) is 12.1 Å². The van der Waals surface area contributed by atoms with E-state index >= 15 is 0 Å². The third-order valence-electron chi connectivity index (χ3n) is 3.35. The van der Waals surface area contributed by atoms with Crippen molar-refractivity contribution in [3.8, 4) is 5.69 Å². The maximum Gasteiger partial charge on any atom is 0.433 e. The zero-order valence-electron chi connectivity index (χ0n) is 13.3. The first-order chi connectivity index (χ1) is 12.3. The molecule has 148 valence electrons. The maximum atomic E-state index is 14.3. The zero-order chi connectivity index (χ0) is 20.7. The number of nitrogens with zero attached hydrogens (tertiary/aromatic N) is 2. The lowest BCUT2D eigenvalue weighted by Crippen LogP contribution is -2.45. The summed E-state index contributed by atoms with van der Waals surface area (Å²) in [5, 5.41) is 0. The molecule has 0 aliphatic rings. The van der Waals surface area contributed by atoms with Crippen LogP contribution in [-0.4, -0.2) is 23.4 Å². The standard InChI is InChI=1S/C13H11BrF4N4O4S/c1-2-27(25,26)20-8-4-9(7(15)3-6(8)14)21-11(23)5-10(13(16,17)18)22(19)12(21)24/h3-5,20H,2,19H2,1H3. The number of alkyl halides is 3. The lowest BCUT2D eigenvalue weighted by Gasteiger charge is -2.15. The maximum absolute atomic E-state index is 14.3. The van der Waals surface area contributed by atoms with Crippen molar-refractivity contribution in [1.29, 1.82) is 0 Å². The summed E-state index contributed by atoms with van der Waals surface area (Å²) >= 11 is 2.91. The lowest BCUT2D eigenvalue weighted by molar-refractivity contribution is -0.143. The van der Waals surface area contributed by atoms with E-state index in [-0.39, 0.29) is 31.2 Å². The van der Waals surface area contributed by atoms with Gasteiger partial charge < -0.3 is 5.84 Å². The Bertz CT molecular complexity index is 1120. The summed E-state index contributed by atoms with van der Waals surface area (Å²) in [5.74, 6) is 3.59. The molecular formula is C13H11BrF4N4O4S. The summed E-state index contributed by atoms with van der Waals surface area (Å²) in [6, 6.07) is 1.55. The molecule has 1 aromatic heterocycles. The fourth-order valence-corrected chi connectivity index (χ4v) is 3.22. The molecule has 0 spiro atoms. The van der Waals surface area contributed by atoms with Crippen LogP contribution in [0.4, 0.5) is 23.2 Å². The lowest BCUT2D eigenvalue weighted by atomic mass is 10.2. The highest BCUT2D eigenvalue weighted by molar-refractivity contribution is 9.10. The average Bonchev–Trinajstić information content (AvgIpc) is 2.53. The Balaban J connectivity index is 2.78. The summed E-state index contributed by atoms with van der Waals surface area (Å²) < 4.78 is 77.9. The molecule has 0 unspecified atom stereocenters. The van der Waals surface area contributed by atoms with Gasteiger partial charge >= 0.3 is 11.9 Å². The van der Waals surface area contributed by atoms with Crippen LogP contribution in [0.5, 0.6) is 0 Å². The zero-order valence-corrected chi connectivity index (χ0v) is 15.7. The number of halogens is 5. The van der Waals surface area contributed by atoms with E-state index in [0.29, 0.717) is 0 Å². The molecule has 0 fully saturated rings. The molecule has 1 aromatic carbocycles. The predicted molar refractivity (Wildman–Crippen MR) is 92.2 cm³/mol. The van der Waals surface area contributed by atoms with Gasteiger partial charge in [-0.1, -0.05) is 0 Å². The first-order valence-electron chi connectivity index (χ1n) is 6.99. The summed E-state index contributed by atoms with van der Waals surface area (Å²) in [4.78, 5) is 24.2. The first kappa shape index (κ1) is 21.0. The van der Waals surface area contributed by atoms with E-state index in [1.807, 2.05) is 0 Å². The van der Waals surface area contributed by atoms with Crippen LogP contribution in [0.3, 0.4) is 0 Å². The predicted octanol–water partition coefficient (Wildman–Crippen LogP) is 1.40. The highest BCUT2D eigenvalue weighted by Crippen LogP contribution is 2.29. The van der Waals surface area contributed by atoms with Gasteiger partial charge in [0.1, 0.15) is 5.82 Å². The van der Waals surface area contributed by atoms with Crippen LogP contribution in [-0.2, 0) is 16.2 Å². The molecule has 0 aliphatic carbocycles. The number of nitrogens with two attached hydrogens (primary N) is 1. The quantitative estimate of drug-likeness (QED) is 0.513. The fraction of sp³-hybridized carbons (Fsp3) is 0.231. The van der Waals surface area contributed by atoms with Gasteiger partial charge in [-0.05, 0) is 35.0 Å². The molecule has 2 aromatic rings. The van der Waals surface area contributed by atoms with Crippen molar-refractivity contribution < 1.29 is 26.0 Å². The van der Waals surface area contributed by atoms with E-state index in [1.165, 1.54) is 6.92 Å². The Labute approximate surface area is 157 Å². The minimum Gasteiger partial charge on any atom is -0.335 e. The van der Waals surface area contributed by atoms with Crippen LogP contribution in [0.25, 0.3) is 5.69 Å². The molecule has 0 atom stereocenters. The van der Waals surface area contributed by atoms with Crippen LogP contribution in [0.2, 0.25) is 0 Å². The summed E-state index contributed by atoms with van der Waals surface area (Å²) in [7, 11) is -3.81. The molecule has 14 heteroatoms. The van der Waals surface area contributed by atoms with Crippen molar-refractivity contribution in [2.75, 3.05) is 16.3 Å². The average molecular weight is 475 g/mol. The summed E-state index contributed by atoms with van der Waals surface area (Å²) in [6.07, 6.45) is -5.09. The highest BCUT2D eigenvalue weighted by Gasteiger charge is 2.36.